The van der Waals surface area contributed by atoms with E-state index in [9.17, 15) is 0 Å². The second kappa shape index (κ2) is 6.04. The van der Waals surface area contributed by atoms with Crippen LogP contribution in [0, 0.1) is 5.92 Å². The zero-order valence-electron chi connectivity index (χ0n) is 11.0. The van der Waals surface area contributed by atoms with Crippen molar-refractivity contribution in [1.82, 2.24) is 4.90 Å². The van der Waals surface area contributed by atoms with Crippen LogP contribution in [0.25, 0.3) is 0 Å². The van der Waals surface area contributed by atoms with Crippen LogP contribution in [0.5, 0.6) is 0 Å². The molecule has 1 heterocycles. The smallest absolute Gasteiger partial charge is 0.0724 e. The van der Waals surface area contributed by atoms with E-state index in [-0.39, 0.29) is 0 Å². The average molecular weight is 313 g/mol. The van der Waals surface area contributed by atoms with E-state index in [1.165, 1.54) is 12.0 Å². The first-order chi connectivity index (χ1) is 8.60. The van der Waals surface area contributed by atoms with Gasteiger partial charge in [0, 0.05) is 30.4 Å². The molecule has 0 amide bonds. The third-order valence-corrected chi connectivity index (χ3v) is 4.47. The summed E-state index contributed by atoms with van der Waals surface area (Å²) in [4.78, 5) is 2.44. The topological polar surface area (TPSA) is 38.5 Å². The normalized spacial score (nSPS) is 25.3. The van der Waals surface area contributed by atoms with Gasteiger partial charge in [-0.05, 0) is 52.5 Å². The van der Waals surface area contributed by atoms with E-state index in [0.29, 0.717) is 12.0 Å². The zero-order chi connectivity index (χ0) is 13.1. The quantitative estimate of drug-likeness (QED) is 0.872. The molecule has 0 aromatic heterocycles. The van der Waals surface area contributed by atoms with E-state index in [2.05, 4.69) is 33.8 Å². The monoisotopic (exact) mass is 312 g/mol. The maximum atomic E-state index is 5.91. The van der Waals surface area contributed by atoms with Crippen LogP contribution in [-0.4, -0.2) is 31.2 Å². The van der Waals surface area contributed by atoms with Crippen LogP contribution in [0.2, 0.25) is 0 Å². The summed E-state index contributed by atoms with van der Waals surface area (Å²) in [6.07, 6.45) is 1.55. The van der Waals surface area contributed by atoms with Crippen LogP contribution in [-0.2, 0) is 11.3 Å². The molecule has 2 atom stereocenters. The number of nitrogens with two attached hydrogens (primary N) is 1. The van der Waals surface area contributed by atoms with Gasteiger partial charge in [0.25, 0.3) is 0 Å². The zero-order valence-corrected chi connectivity index (χ0v) is 12.6. The Labute approximate surface area is 117 Å². The summed E-state index contributed by atoms with van der Waals surface area (Å²) in [6.45, 7) is 5.36. The standard InChI is InChI=1S/C14H21BrN2O/c1-10-5-6-17(9-14(10)18-2)8-11-3-4-12(15)13(16)7-11/h3-4,7,10,14H,5-6,8-9,16H2,1-2H3. The van der Waals surface area contributed by atoms with Gasteiger partial charge >= 0.3 is 0 Å². The predicted molar refractivity (Wildman–Crippen MR) is 78.4 cm³/mol. The SMILES string of the molecule is COC1CN(Cc2ccc(Br)c(N)c2)CCC1C. The van der Waals surface area contributed by atoms with E-state index in [0.717, 1.165) is 29.8 Å². The molecule has 0 spiro atoms. The molecule has 18 heavy (non-hydrogen) atoms. The Bertz CT molecular complexity index is 411. The number of nitrogen functional groups attached to an aromatic ring is 1. The number of benzene rings is 1. The van der Waals surface area contributed by atoms with Gasteiger partial charge in [0.15, 0.2) is 0 Å². The molecule has 2 N–H and O–H groups in total. The maximum Gasteiger partial charge on any atom is 0.0724 e. The van der Waals surface area contributed by atoms with Crippen molar-refractivity contribution < 1.29 is 4.74 Å². The first kappa shape index (κ1) is 13.8. The van der Waals surface area contributed by atoms with E-state index < -0.39 is 0 Å². The number of likely N-dealkylation sites (tertiary alicyclic amines) is 1. The fourth-order valence-corrected chi connectivity index (χ4v) is 2.74. The van der Waals surface area contributed by atoms with Crippen molar-refractivity contribution in [3.8, 4) is 0 Å². The van der Waals surface area contributed by atoms with Gasteiger partial charge in [-0.2, -0.15) is 0 Å². The molecule has 2 rings (SSSR count). The molecule has 1 aliphatic rings. The van der Waals surface area contributed by atoms with Gasteiger partial charge in [-0.1, -0.05) is 13.0 Å². The minimum atomic E-state index is 0.353. The molecule has 1 aromatic carbocycles. The fourth-order valence-electron chi connectivity index (χ4n) is 2.50. The van der Waals surface area contributed by atoms with E-state index in [4.69, 9.17) is 10.5 Å². The number of hydrogen-bond acceptors (Lipinski definition) is 3. The predicted octanol–water partition coefficient (Wildman–Crippen LogP) is 2.89. The molecule has 0 bridgehead atoms. The van der Waals surface area contributed by atoms with Gasteiger partial charge in [-0.25, -0.2) is 0 Å². The highest BCUT2D eigenvalue weighted by atomic mass is 79.9. The lowest BCUT2D eigenvalue weighted by Gasteiger charge is -2.36. The highest BCUT2D eigenvalue weighted by Gasteiger charge is 2.25. The number of piperidine rings is 1. The Morgan fingerprint density at radius 3 is 2.94 bits per heavy atom. The minimum absolute atomic E-state index is 0.353. The summed E-state index contributed by atoms with van der Waals surface area (Å²) >= 11 is 3.42. The highest BCUT2D eigenvalue weighted by Crippen LogP contribution is 2.24. The Morgan fingerprint density at radius 2 is 2.28 bits per heavy atom. The largest absolute Gasteiger partial charge is 0.398 e. The lowest BCUT2D eigenvalue weighted by atomic mass is 9.95. The minimum Gasteiger partial charge on any atom is -0.398 e. The number of ether oxygens (including phenoxy) is 1. The molecular weight excluding hydrogens is 292 g/mol. The molecule has 0 aliphatic carbocycles. The molecule has 1 fully saturated rings. The van der Waals surface area contributed by atoms with Crippen molar-refractivity contribution in [1.29, 1.82) is 0 Å². The van der Waals surface area contributed by atoms with Gasteiger partial charge in [0.2, 0.25) is 0 Å². The number of halogens is 1. The van der Waals surface area contributed by atoms with Crippen LogP contribution >= 0.6 is 15.9 Å². The molecule has 1 saturated heterocycles. The molecule has 1 aliphatic heterocycles. The van der Waals surface area contributed by atoms with Crippen LogP contribution in [0.1, 0.15) is 18.9 Å². The second-order valence-corrected chi connectivity index (χ2v) is 5.99. The van der Waals surface area contributed by atoms with Crippen molar-refractivity contribution in [2.24, 2.45) is 5.92 Å². The first-order valence-electron chi connectivity index (χ1n) is 6.39. The third kappa shape index (κ3) is 3.25. The van der Waals surface area contributed by atoms with Crippen molar-refractivity contribution in [2.75, 3.05) is 25.9 Å². The Hall–Kier alpha value is -0.580. The van der Waals surface area contributed by atoms with Gasteiger partial charge in [0.1, 0.15) is 0 Å². The summed E-state index contributed by atoms with van der Waals surface area (Å²) in [6, 6.07) is 6.19. The second-order valence-electron chi connectivity index (χ2n) is 5.13. The lowest BCUT2D eigenvalue weighted by molar-refractivity contribution is -0.00744. The molecule has 4 heteroatoms. The Morgan fingerprint density at radius 1 is 1.50 bits per heavy atom. The van der Waals surface area contributed by atoms with Gasteiger partial charge in [0.05, 0.1) is 6.10 Å². The summed E-state index contributed by atoms with van der Waals surface area (Å²) in [7, 11) is 1.81. The van der Waals surface area contributed by atoms with E-state index in [1.54, 1.807) is 0 Å². The molecular formula is C14H21BrN2O. The third-order valence-electron chi connectivity index (χ3n) is 3.74. The first-order valence-corrected chi connectivity index (χ1v) is 7.18. The highest BCUT2D eigenvalue weighted by molar-refractivity contribution is 9.10. The van der Waals surface area contributed by atoms with Crippen LogP contribution in [0.15, 0.2) is 22.7 Å². The van der Waals surface area contributed by atoms with E-state index >= 15 is 0 Å². The molecule has 1 aromatic rings. The molecule has 3 nitrogen and oxygen atoms in total. The van der Waals surface area contributed by atoms with Crippen molar-refractivity contribution in [2.45, 2.75) is 26.0 Å². The molecule has 100 valence electrons. The van der Waals surface area contributed by atoms with Crippen LogP contribution in [0.3, 0.4) is 0 Å². The van der Waals surface area contributed by atoms with E-state index in [1.807, 2.05) is 19.2 Å². The molecule has 0 saturated carbocycles. The van der Waals surface area contributed by atoms with Crippen LogP contribution < -0.4 is 5.73 Å². The Balaban J connectivity index is 1.99. The summed E-state index contributed by atoms with van der Waals surface area (Å²) in [5.41, 5.74) is 7.98. The van der Waals surface area contributed by atoms with Crippen LogP contribution in [0.4, 0.5) is 5.69 Å². The Kier molecular flexibility index (Phi) is 4.65. The van der Waals surface area contributed by atoms with Gasteiger partial charge in [-0.15, -0.1) is 0 Å². The molecule has 2 unspecified atom stereocenters. The van der Waals surface area contributed by atoms with Gasteiger partial charge in [-0.3, -0.25) is 4.90 Å². The lowest BCUT2D eigenvalue weighted by Crippen LogP contribution is -2.43. The average Bonchev–Trinajstić information content (AvgIpc) is 2.36. The summed E-state index contributed by atoms with van der Waals surface area (Å²) in [5.74, 6) is 0.654. The number of methoxy groups -OCH3 is 1. The number of rotatable bonds is 3. The van der Waals surface area contributed by atoms with Gasteiger partial charge < -0.3 is 10.5 Å². The summed E-state index contributed by atoms with van der Waals surface area (Å²) in [5, 5.41) is 0. The molecule has 0 radical (unpaired) electrons. The number of hydrogen-bond donors (Lipinski definition) is 1. The summed E-state index contributed by atoms with van der Waals surface area (Å²) < 4.78 is 6.51. The van der Waals surface area contributed by atoms with Crippen molar-refractivity contribution >= 4 is 21.6 Å². The number of anilines is 1. The van der Waals surface area contributed by atoms with Crippen molar-refractivity contribution in [3.63, 3.8) is 0 Å². The fraction of sp³-hybridized carbons (Fsp3) is 0.571. The maximum absolute atomic E-state index is 5.91. The number of nitrogens with zero attached hydrogens (tertiary/aromatic N) is 1. The van der Waals surface area contributed by atoms with Crippen molar-refractivity contribution in [3.05, 3.63) is 28.2 Å².